The molecular formula is C24H30N4O. The first-order chi connectivity index (χ1) is 14.2. The number of aromatic nitrogens is 1. The number of benzene rings is 1. The summed E-state index contributed by atoms with van der Waals surface area (Å²) in [4.78, 5) is 4.37. The molecule has 1 saturated heterocycles. The minimum Gasteiger partial charge on any atom is -0.385 e. The molecule has 0 bridgehead atoms. The van der Waals surface area contributed by atoms with Crippen LogP contribution in [-0.2, 0) is 4.74 Å². The van der Waals surface area contributed by atoms with Crippen LogP contribution in [0.2, 0.25) is 0 Å². The molecule has 2 heterocycles. The van der Waals surface area contributed by atoms with Crippen molar-refractivity contribution in [2.45, 2.75) is 25.5 Å². The van der Waals surface area contributed by atoms with Crippen molar-refractivity contribution < 1.29 is 4.74 Å². The van der Waals surface area contributed by atoms with Crippen LogP contribution in [-0.4, -0.2) is 31.2 Å². The molecule has 1 fully saturated rings. The number of rotatable bonds is 8. The molecule has 0 spiro atoms. The fraction of sp³-hybridized carbons (Fsp3) is 0.375. The summed E-state index contributed by atoms with van der Waals surface area (Å²) >= 11 is 0. The molecule has 4 rings (SSSR count). The number of methoxy groups -OCH3 is 1. The van der Waals surface area contributed by atoms with Crippen molar-refractivity contribution in [3.05, 3.63) is 72.6 Å². The monoisotopic (exact) mass is 390 g/mol. The largest absolute Gasteiger partial charge is 0.385 e. The van der Waals surface area contributed by atoms with E-state index in [0.29, 0.717) is 17.9 Å². The zero-order valence-electron chi connectivity index (χ0n) is 17.1. The van der Waals surface area contributed by atoms with Gasteiger partial charge in [0.25, 0.3) is 0 Å². The Labute approximate surface area is 173 Å². The number of nitrogens with zero attached hydrogens (tertiary/aromatic N) is 1. The van der Waals surface area contributed by atoms with Gasteiger partial charge in [0.05, 0.1) is 11.8 Å². The second kappa shape index (κ2) is 9.25. The third-order valence-corrected chi connectivity index (χ3v) is 5.91. The van der Waals surface area contributed by atoms with Crippen molar-refractivity contribution in [1.29, 1.82) is 0 Å². The quantitative estimate of drug-likeness (QED) is 0.612. The smallest absolute Gasteiger partial charge is 0.0963 e. The molecule has 5 nitrogen and oxygen atoms in total. The third-order valence-electron chi connectivity index (χ3n) is 5.91. The van der Waals surface area contributed by atoms with Gasteiger partial charge in [-0.3, -0.25) is 4.98 Å². The molecular weight excluding hydrogens is 360 g/mol. The van der Waals surface area contributed by atoms with Crippen LogP contribution in [0.4, 0.5) is 17.1 Å². The Balaban J connectivity index is 1.27. The summed E-state index contributed by atoms with van der Waals surface area (Å²) in [5, 5.41) is 10.6. The molecule has 2 aromatic rings. The molecule has 1 aromatic carbocycles. The number of hydrogen-bond acceptors (Lipinski definition) is 5. The second-order valence-corrected chi connectivity index (χ2v) is 7.81. The van der Waals surface area contributed by atoms with Crippen LogP contribution in [0.3, 0.4) is 0 Å². The maximum Gasteiger partial charge on any atom is 0.0963 e. The first-order valence-electron chi connectivity index (χ1n) is 10.4. The van der Waals surface area contributed by atoms with E-state index in [4.69, 9.17) is 4.74 Å². The van der Waals surface area contributed by atoms with Crippen molar-refractivity contribution in [3.63, 3.8) is 0 Å². The van der Waals surface area contributed by atoms with Gasteiger partial charge in [-0.05, 0) is 62.2 Å². The van der Waals surface area contributed by atoms with Gasteiger partial charge in [-0.15, -0.1) is 0 Å². The molecule has 5 heteroatoms. The lowest BCUT2D eigenvalue weighted by Gasteiger charge is -2.21. The normalized spacial score (nSPS) is 23.6. The Hall–Kier alpha value is -2.63. The van der Waals surface area contributed by atoms with Crippen LogP contribution in [0.5, 0.6) is 0 Å². The van der Waals surface area contributed by atoms with E-state index < -0.39 is 0 Å². The minimum atomic E-state index is -0.0196. The van der Waals surface area contributed by atoms with Crippen molar-refractivity contribution in [2.24, 2.45) is 11.8 Å². The number of hydrogen-bond donors (Lipinski definition) is 3. The van der Waals surface area contributed by atoms with E-state index in [1.54, 1.807) is 7.11 Å². The number of allylic oxidation sites excluding steroid dienone is 2. The first-order valence-corrected chi connectivity index (χ1v) is 10.4. The van der Waals surface area contributed by atoms with Gasteiger partial charge in [-0.1, -0.05) is 24.3 Å². The van der Waals surface area contributed by atoms with Gasteiger partial charge in [0.2, 0.25) is 0 Å². The van der Waals surface area contributed by atoms with Crippen molar-refractivity contribution in [2.75, 3.05) is 30.8 Å². The molecule has 29 heavy (non-hydrogen) atoms. The second-order valence-electron chi connectivity index (χ2n) is 7.81. The molecule has 1 aromatic heterocycles. The van der Waals surface area contributed by atoms with E-state index in [0.717, 1.165) is 35.8 Å². The molecule has 152 valence electrons. The van der Waals surface area contributed by atoms with E-state index >= 15 is 0 Å². The van der Waals surface area contributed by atoms with E-state index in [-0.39, 0.29) is 6.10 Å². The summed E-state index contributed by atoms with van der Waals surface area (Å²) in [5.41, 5.74) is 4.14. The lowest BCUT2D eigenvalue weighted by molar-refractivity contribution is 0.116. The SMILES string of the molecule is COC(C)c1cc(Nc2ccc(NCCC3CNC4C=CC=CC34)cc2)ccn1. The standard InChI is InChI=1S/C24H30N4O/c1-17(29-2)24-15-21(12-14-26-24)28-20-9-7-19(8-10-20)25-13-11-18-16-27-23-6-4-3-5-22(18)23/h3-10,12,14-15,17-18,22-23,25,27H,11,13,16H2,1-2H3,(H,26,28). The zero-order chi connectivity index (χ0) is 20.1. The zero-order valence-corrected chi connectivity index (χ0v) is 17.1. The van der Waals surface area contributed by atoms with Gasteiger partial charge < -0.3 is 20.7 Å². The van der Waals surface area contributed by atoms with E-state index in [2.05, 4.69) is 69.5 Å². The van der Waals surface area contributed by atoms with E-state index in [1.165, 1.54) is 6.42 Å². The molecule has 4 atom stereocenters. The number of fused-ring (bicyclic) bond motifs is 1. The number of pyridine rings is 1. The molecule has 0 amide bonds. The van der Waals surface area contributed by atoms with Crippen LogP contribution in [0.1, 0.15) is 25.1 Å². The van der Waals surface area contributed by atoms with Gasteiger partial charge >= 0.3 is 0 Å². The van der Waals surface area contributed by atoms with Crippen LogP contribution in [0.15, 0.2) is 66.9 Å². The lowest BCUT2D eigenvalue weighted by atomic mass is 9.86. The summed E-state index contributed by atoms with van der Waals surface area (Å²) in [6.07, 6.45) is 11.9. The molecule has 4 unspecified atom stereocenters. The predicted molar refractivity (Wildman–Crippen MR) is 120 cm³/mol. The Morgan fingerprint density at radius 2 is 1.90 bits per heavy atom. The van der Waals surface area contributed by atoms with Gasteiger partial charge in [-0.25, -0.2) is 0 Å². The molecule has 0 radical (unpaired) electrons. The first kappa shape index (κ1) is 19.7. The fourth-order valence-corrected chi connectivity index (χ4v) is 4.11. The molecule has 1 aliphatic heterocycles. The Morgan fingerprint density at radius 1 is 1.10 bits per heavy atom. The van der Waals surface area contributed by atoms with Crippen molar-refractivity contribution >= 4 is 17.1 Å². The van der Waals surface area contributed by atoms with Gasteiger partial charge in [0.15, 0.2) is 0 Å². The molecule has 0 saturated carbocycles. The van der Waals surface area contributed by atoms with Crippen LogP contribution in [0, 0.1) is 11.8 Å². The number of ether oxygens (including phenoxy) is 1. The Kier molecular flexibility index (Phi) is 6.27. The Morgan fingerprint density at radius 3 is 2.72 bits per heavy atom. The molecule has 1 aliphatic carbocycles. The van der Waals surface area contributed by atoms with Crippen LogP contribution < -0.4 is 16.0 Å². The highest BCUT2D eigenvalue weighted by molar-refractivity contribution is 5.62. The number of anilines is 3. The lowest BCUT2D eigenvalue weighted by Crippen LogP contribution is -2.25. The van der Waals surface area contributed by atoms with Crippen molar-refractivity contribution in [3.8, 4) is 0 Å². The maximum absolute atomic E-state index is 5.35. The topological polar surface area (TPSA) is 58.2 Å². The van der Waals surface area contributed by atoms with Crippen LogP contribution >= 0.6 is 0 Å². The molecule has 3 N–H and O–H groups in total. The fourth-order valence-electron chi connectivity index (χ4n) is 4.11. The van der Waals surface area contributed by atoms with E-state index in [9.17, 15) is 0 Å². The summed E-state index contributed by atoms with van der Waals surface area (Å²) in [5.74, 6) is 1.34. The number of nitrogens with one attached hydrogen (secondary N) is 3. The minimum absolute atomic E-state index is 0.0196. The highest BCUT2D eigenvalue weighted by Crippen LogP contribution is 2.29. The van der Waals surface area contributed by atoms with E-state index in [1.807, 2.05) is 25.3 Å². The highest BCUT2D eigenvalue weighted by Gasteiger charge is 2.32. The summed E-state index contributed by atoms with van der Waals surface area (Å²) in [6, 6.07) is 13.0. The highest BCUT2D eigenvalue weighted by atomic mass is 16.5. The summed E-state index contributed by atoms with van der Waals surface area (Å²) in [6.45, 7) is 4.09. The van der Waals surface area contributed by atoms with Gasteiger partial charge in [-0.2, -0.15) is 0 Å². The third kappa shape index (κ3) is 4.86. The predicted octanol–water partition coefficient (Wildman–Crippen LogP) is 4.66. The molecule has 2 aliphatic rings. The van der Waals surface area contributed by atoms with Gasteiger partial charge in [0.1, 0.15) is 0 Å². The maximum atomic E-state index is 5.35. The summed E-state index contributed by atoms with van der Waals surface area (Å²) in [7, 11) is 1.70. The van der Waals surface area contributed by atoms with Crippen molar-refractivity contribution in [1.82, 2.24) is 10.3 Å². The van der Waals surface area contributed by atoms with Crippen LogP contribution in [0.25, 0.3) is 0 Å². The average molecular weight is 391 g/mol. The average Bonchev–Trinajstić information content (AvgIpc) is 3.18. The summed E-state index contributed by atoms with van der Waals surface area (Å²) < 4.78 is 5.35. The Bertz CT molecular complexity index is 861. The van der Waals surface area contributed by atoms with Gasteiger partial charge in [0, 0.05) is 48.9 Å².